The number of ketones is 1. The minimum Gasteiger partial charge on any atom is -0.386 e. The highest BCUT2D eigenvalue weighted by Gasteiger charge is 2.41. The first-order chi connectivity index (χ1) is 16.9. The normalized spacial score (nSPS) is 27.5. The van der Waals surface area contributed by atoms with Crippen LogP contribution in [0.5, 0.6) is 0 Å². The maximum Gasteiger partial charge on any atom is 0.185 e. The zero-order valence-electron chi connectivity index (χ0n) is 23.5. The van der Waals surface area contributed by atoms with Gasteiger partial charge in [0.25, 0.3) is 0 Å². The monoisotopic (exact) mass is 504 g/mol. The Morgan fingerprint density at radius 2 is 1.74 bits per heavy atom. The number of rotatable bonds is 4. The van der Waals surface area contributed by atoms with Crippen molar-refractivity contribution in [2.24, 2.45) is 21.6 Å². The number of fused-ring (bicyclic) bond motifs is 1. The van der Waals surface area contributed by atoms with Crippen LogP contribution in [0.4, 0.5) is 0 Å². The first kappa shape index (κ1) is 32.9. The topological polar surface area (TPSA) is 71.0 Å². The number of carbonyl (C=O) groups is 1. The molecule has 4 rings (SSSR count). The molecule has 3 aliphatic heterocycles. The Balaban J connectivity index is 0.00000132. The van der Waals surface area contributed by atoms with Crippen molar-refractivity contribution in [3.8, 4) is 0 Å². The molecule has 0 saturated carbocycles. The number of alkyl halides is 1. The van der Waals surface area contributed by atoms with E-state index in [9.17, 15) is 4.79 Å². The maximum atomic E-state index is 12.6. The fourth-order valence-corrected chi connectivity index (χ4v) is 4.39. The first-order valence-corrected chi connectivity index (χ1v) is 13.9. The smallest absolute Gasteiger partial charge is 0.185 e. The molecule has 0 saturated heterocycles. The molecular weight excluding hydrogens is 456 g/mol. The van der Waals surface area contributed by atoms with E-state index in [0.717, 1.165) is 25.0 Å². The van der Waals surface area contributed by atoms with Crippen molar-refractivity contribution in [1.29, 1.82) is 0 Å². The van der Waals surface area contributed by atoms with Crippen LogP contribution in [0, 0.1) is 5.92 Å². The van der Waals surface area contributed by atoms with Gasteiger partial charge >= 0.3 is 0 Å². The van der Waals surface area contributed by atoms with Crippen molar-refractivity contribution in [1.82, 2.24) is 4.90 Å². The highest BCUT2D eigenvalue weighted by molar-refractivity contribution is 6.45. The van der Waals surface area contributed by atoms with E-state index in [1.54, 1.807) is 6.08 Å². The number of nitrogens with zero attached hydrogens (tertiary/aromatic N) is 3. The number of dihydropyridines is 1. The lowest BCUT2D eigenvalue weighted by molar-refractivity contribution is -0.112. The number of amidine groups is 1. The number of carbonyl (C=O) groups excluding carboxylic acids is 1. The van der Waals surface area contributed by atoms with Gasteiger partial charge in [-0.3, -0.25) is 14.8 Å². The predicted octanol–water partition coefficient (Wildman–Crippen LogP) is 6.89. The maximum absolute atomic E-state index is 12.6. The third-order valence-electron chi connectivity index (χ3n) is 5.77. The van der Waals surface area contributed by atoms with Crippen molar-refractivity contribution >= 4 is 28.9 Å². The quantitative estimate of drug-likeness (QED) is 0.423. The molecule has 5 nitrogen and oxygen atoms in total. The van der Waals surface area contributed by atoms with Crippen LogP contribution in [0.1, 0.15) is 81.6 Å². The third-order valence-corrected chi connectivity index (χ3v) is 6.05. The standard InChI is InChI=1S/C21H25ClN4O.4C2H6/c1-21(13-26-9-3-6-18(26)20(23)25-21)15-5-2-4-14(10-15)11-19(27)17-8-7-16(22)12-24-17;4*1-2/h2-4,7-10,15-16,18H,5-6,11-13H2,1H3,(H2,23,25);4*1-2H3/t15-,16?,18-,21-;;;;/m1..../s1. The fourth-order valence-electron chi connectivity index (χ4n) is 4.24. The zero-order valence-corrected chi connectivity index (χ0v) is 24.3. The highest BCUT2D eigenvalue weighted by atomic mass is 35.5. The zero-order chi connectivity index (χ0) is 27.0. The lowest BCUT2D eigenvalue weighted by Crippen LogP contribution is -2.54. The molecular formula is C29H49ClN4O. The lowest BCUT2D eigenvalue weighted by Gasteiger charge is -2.43. The summed E-state index contributed by atoms with van der Waals surface area (Å²) >= 11 is 5.99. The van der Waals surface area contributed by atoms with Crippen molar-refractivity contribution in [3.05, 3.63) is 48.2 Å². The summed E-state index contributed by atoms with van der Waals surface area (Å²) in [5, 5.41) is -0.113. The molecule has 4 atom stereocenters. The van der Waals surface area contributed by atoms with Gasteiger partial charge in [-0.2, -0.15) is 0 Å². The summed E-state index contributed by atoms with van der Waals surface area (Å²) in [6.45, 7) is 19.5. The summed E-state index contributed by atoms with van der Waals surface area (Å²) in [6, 6.07) is 0.212. The average Bonchev–Trinajstić information content (AvgIpc) is 3.38. The van der Waals surface area contributed by atoms with Gasteiger partial charge < -0.3 is 10.6 Å². The Kier molecular flexibility index (Phi) is 16.3. The summed E-state index contributed by atoms with van der Waals surface area (Å²) in [5.74, 6) is 0.965. The van der Waals surface area contributed by atoms with Crippen LogP contribution in [0.2, 0.25) is 0 Å². The van der Waals surface area contributed by atoms with Crippen LogP contribution in [0.25, 0.3) is 0 Å². The third kappa shape index (κ3) is 9.10. The number of hydrogen-bond acceptors (Lipinski definition) is 5. The van der Waals surface area contributed by atoms with Gasteiger partial charge in [0.1, 0.15) is 11.5 Å². The van der Waals surface area contributed by atoms with E-state index in [2.05, 4.69) is 41.2 Å². The van der Waals surface area contributed by atoms with Crippen LogP contribution in [-0.2, 0) is 4.79 Å². The molecule has 35 heavy (non-hydrogen) atoms. The van der Waals surface area contributed by atoms with Gasteiger partial charge in [-0.1, -0.05) is 85.8 Å². The second-order valence-corrected chi connectivity index (χ2v) is 8.45. The Labute approximate surface area is 220 Å². The molecule has 0 aromatic heterocycles. The van der Waals surface area contributed by atoms with Crippen LogP contribution >= 0.6 is 11.6 Å². The summed E-state index contributed by atoms with van der Waals surface area (Å²) in [7, 11) is 0. The predicted molar refractivity (Wildman–Crippen MR) is 156 cm³/mol. The minimum atomic E-state index is -0.289. The number of allylic oxidation sites excluding steroid dienone is 4. The van der Waals surface area contributed by atoms with Gasteiger partial charge in [-0.05, 0) is 37.6 Å². The number of Topliss-reactive ketones (excluding diaryl/α,β-unsaturated/α-hetero) is 1. The molecule has 6 heteroatoms. The Bertz CT molecular complexity index is 825. The van der Waals surface area contributed by atoms with E-state index in [1.807, 2.05) is 67.5 Å². The number of aliphatic imine (C=N–C) groups is 2. The van der Waals surface area contributed by atoms with Crippen molar-refractivity contribution in [2.45, 2.75) is 98.5 Å². The Hall–Kier alpha value is -2.14. The number of halogens is 1. The van der Waals surface area contributed by atoms with Crippen LogP contribution in [-0.4, -0.2) is 52.3 Å². The van der Waals surface area contributed by atoms with Crippen LogP contribution in [0.3, 0.4) is 0 Å². The summed E-state index contributed by atoms with van der Waals surface area (Å²) < 4.78 is 0. The van der Waals surface area contributed by atoms with Gasteiger partial charge in [-0.25, -0.2) is 0 Å². The molecule has 0 radical (unpaired) electrons. The molecule has 0 aromatic carbocycles. The molecule has 0 bridgehead atoms. The van der Waals surface area contributed by atoms with E-state index in [-0.39, 0.29) is 28.7 Å². The second-order valence-electron chi connectivity index (χ2n) is 7.89. The van der Waals surface area contributed by atoms with E-state index in [1.165, 1.54) is 0 Å². The molecule has 4 aliphatic rings. The highest BCUT2D eigenvalue weighted by Crippen LogP contribution is 2.36. The number of nitrogens with two attached hydrogens (primary N) is 1. The molecule has 0 fully saturated rings. The van der Waals surface area contributed by atoms with Gasteiger partial charge in [0.2, 0.25) is 0 Å². The molecule has 1 aliphatic carbocycles. The summed E-state index contributed by atoms with van der Waals surface area (Å²) in [5.41, 5.74) is 7.51. The molecule has 0 spiro atoms. The van der Waals surface area contributed by atoms with Gasteiger partial charge in [0.15, 0.2) is 5.78 Å². The van der Waals surface area contributed by atoms with E-state index in [4.69, 9.17) is 22.3 Å². The second kappa shape index (κ2) is 17.3. The Morgan fingerprint density at radius 3 is 2.34 bits per heavy atom. The van der Waals surface area contributed by atoms with Crippen molar-refractivity contribution < 1.29 is 4.79 Å². The van der Waals surface area contributed by atoms with Gasteiger partial charge in [0, 0.05) is 18.9 Å². The van der Waals surface area contributed by atoms with Crippen LogP contribution in [0.15, 0.2) is 58.2 Å². The van der Waals surface area contributed by atoms with Gasteiger partial charge in [0.05, 0.1) is 23.5 Å². The molecule has 0 amide bonds. The minimum absolute atomic E-state index is 0.0331. The molecule has 3 heterocycles. The van der Waals surface area contributed by atoms with Gasteiger partial charge in [-0.15, -0.1) is 11.6 Å². The average molecular weight is 505 g/mol. The van der Waals surface area contributed by atoms with Crippen LogP contribution < -0.4 is 5.73 Å². The lowest BCUT2D eigenvalue weighted by atomic mass is 9.78. The summed E-state index contributed by atoms with van der Waals surface area (Å²) in [4.78, 5) is 24.0. The molecule has 0 aromatic rings. The van der Waals surface area contributed by atoms with Crippen molar-refractivity contribution in [3.63, 3.8) is 0 Å². The van der Waals surface area contributed by atoms with E-state index < -0.39 is 0 Å². The molecule has 198 valence electrons. The van der Waals surface area contributed by atoms with Crippen molar-refractivity contribution in [2.75, 3.05) is 13.1 Å². The number of hydrogen-bond donors (Lipinski definition) is 1. The molecule has 1 unspecified atom stereocenters. The first-order valence-electron chi connectivity index (χ1n) is 13.5. The van der Waals surface area contributed by atoms with E-state index >= 15 is 0 Å². The SMILES string of the molecule is CC.CC.CC.CC.C[C@]1([C@H]2C=C(CC(=O)C3=NCC(Cl)C=C3)C=CC2)CN2C=CC[C@@H]2C(N)=N1. The largest absolute Gasteiger partial charge is 0.386 e. The molecule has 2 N–H and O–H groups in total. The van der Waals surface area contributed by atoms with E-state index in [0.29, 0.717) is 24.5 Å². The fraction of sp³-hybridized carbons (Fsp3) is 0.621. The Morgan fingerprint density at radius 1 is 1.09 bits per heavy atom. The summed E-state index contributed by atoms with van der Waals surface area (Å²) in [6.07, 6.45) is 16.4.